The molecule has 0 bridgehead atoms. The Morgan fingerprint density at radius 2 is 2.23 bits per heavy atom. The second kappa shape index (κ2) is 5.19. The molecule has 0 radical (unpaired) electrons. The second-order valence-electron chi connectivity index (χ2n) is 3.36. The van der Waals surface area contributed by atoms with Crippen LogP contribution in [-0.2, 0) is 9.53 Å². The normalized spacial score (nSPS) is 26.6. The van der Waals surface area contributed by atoms with Gasteiger partial charge in [0.15, 0.2) is 0 Å². The van der Waals surface area contributed by atoms with Crippen LogP contribution in [0.15, 0.2) is 0 Å². The van der Waals surface area contributed by atoms with E-state index in [4.69, 9.17) is 4.74 Å². The summed E-state index contributed by atoms with van der Waals surface area (Å²) in [5.74, 6) is 0.0726. The van der Waals surface area contributed by atoms with Crippen molar-refractivity contribution in [3.63, 3.8) is 0 Å². The summed E-state index contributed by atoms with van der Waals surface area (Å²) in [6, 6.07) is 0.465. The fourth-order valence-electron chi connectivity index (χ4n) is 1.42. The van der Waals surface area contributed by atoms with Crippen molar-refractivity contribution in [3.05, 3.63) is 0 Å². The van der Waals surface area contributed by atoms with Crippen LogP contribution in [0, 0.1) is 0 Å². The van der Waals surface area contributed by atoms with E-state index in [9.17, 15) is 4.79 Å². The lowest BCUT2D eigenvalue weighted by Crippen LogP contribution is -2.48. The number of carbonyl (C=O) groups is 1. The zero-order valence-corrected chi connectivity index (χ0v) is 8.30. The lowest BCUT2D eigenvalue weighted by molar-refractivity contribution is -0.120. The second-order valence-corrected chi connectivity index (χ2v) is 3.36. The SMILES string of the molecule is CCNC(=O)CNC1CC(OC)C1. The number of likely N-dealkylation sites (N-methyl/N-ethyl adjacent to an activating group) is 1. The van der Waals surface area contributed by atoms with Gasteiger partial charge in [-0.1, -0.05) is 0 Å². The van der Waals surface area contributed by atoms with E-state index in [1.54, 1.807) is 7.11 Å². The number of hydrogen-bond donors (Lipinski definition) is 2. The summed E-state index contributed by atoms with van der Waals surface area (Å²) in [4.78, 5) is 11.0. The van der Waals surface area contributed by atoms with Crippen molar-refractivity contribution in [2.45, 2.75) is 31.9 Å². The maximum atomic E-state index is 11.0. The summed E-state index contributed by atoms with van der Waals surface area (Å²) in [7, 11) is 1.73. The highest BCUT2D eigenvalue weighted by molar-refractivity contribution is 5.77. The summed E-state index contributed by atoms with van der Waals surface area (Å²) >= 11 is 0. The molecule has 2 N–H and O–H groups in total. The molecule has 0 spiro atoms. The highest BCUT2D eigenvalue weighted by atomic mass is 16.5. The van der Waals surface area contributed by atoms with E-state index in [1.165, 1.54) is 0 Å². The Balaban J connectivity index is 1.98. The summed E-state index contributed by atoms with van der Waals surface area (Å²) in [5, 5.41) is 5.92. The van der Waals surface area contributed by atoms with E-state index in [1.807, 2.05) is 6.92 Å². The first-order chi connectivity index (χ1) is 6.26. The van der Waals surface area contributed by atoms with E-state index < -0.39 is 0 Å². The van der Waals surface area contributed by atoms with Gasteiger partial charge in [0.05, 0.1) is 12.6 Å². The van der Waals surface area contributed by atoms with Gasteiger partial charge in [-0.3, -0.25) is 4.79 Å². The molecule has 0 atom stereocenters. The van der Waals surface area contributed by atoms with Crippen molar-refractivity contribution >= 4 is 5.91 Å². The van der Waals surface area contributed by atoms with Gasteiger partial charge in [-0.15, -0.1) is 0 Å². The molecule has 0 aromatic carbocycles. The van der Waals surface area contributed by atoms with Crippen LogP contribution in [0.3, 0.4) is 0 Å². The van der Waals surface area contributed by atoms with Gasteiger partial charge in [-0.2, -0.15) is 0 Å². The minimum atomic E-state index is 0.0726. The minimum absolute atomic E-state index is 0.0726. The van der Waals surface area contributed by atoms with E-state index in [2.05, 4.69) is 10.6 Å². The van der Waals surface area contributed by atoms with Crippen molar-refractivity contribution in [3.8, 4) is 0 Å². The molecular formula is C9H18N2O2. The number of rotatable bonds is 5. The molecule has 1 fully saturated rings. The molecular weight excluding hydrogens is 168 g/mol. The van der Waals surface area contributed by atoms with Crippen molar-refractivity contribution in [1.82, 2.24) is 10.6 Å². The molecule has 13 heavy (non-hydrogen) atoms. The Morgan fingerprint density at radius 1 is 1.54 bits per heavy atom. The summed E-state index contributed by atoms with van der Waals surface area (Å²) < 4.78 is 5.13. The quantitative estimate of drug-likeness (QED) is 0.630. The van der Waals surface area contributed by atoms with Gasteiger partial charge in [0, 0.05) is 19.7 Å². The Morgan fingerprint density at radius 3 is 2.77 bits per heavy atom. The maximum Gasteiger partial charge on any atom is 0.233 e. The van der Waals surface area contributed by atoms with Gasteiger partial charge in [0.25, 0.3) is 0 Å². The Kier molecular flexibility index (Phi) is 4.18. The summed E-state index contributed by atoms with van der Waals surface area (Å²) in [6.45, 7) is 3.04. The third-order valence-corrected chi connectivity index (χ3v) is 2.35. The third kappa shape index (κ3) is 3.32. The van der Waals surface area contributed by atoms with E-state index in [0.717, 1.165) is 12.8 Å². The Labute approximate surface area is 79.0 Å². The maximum absolute atomic E-state index is 11.0. The first-order valence-electron chi connectivity index (χ1n) is 4.79. The zero-order chi connectivity index (χ0) is 9.68. The fourth-order valence-corrected chi connectivity index (χ4v) is 1.42. The average molecular weight is 186 g/mol. The number of methoxy groups -OCH3 is 1. The molecule has 1 saturated carbocycles. The van der Waals surface area contributed by atoms with Crippen LogP contribution in [-0.4, -0.2) is 38.3 Å². The molecule has 1 amide bonds. The smallest absolute Gasteiger partial charge is 0.233 e. The number of ether oxygens (including phenoxy) is 1. The van der Waals surface area contributed by atoms with Crippen LogP contribution < -0.4 is 10.6 Å². The van der Waals surface area contributed by atoms with Crippen LogP contribution in [0.4, 0.5) is 0 Å². The van der Waals surface area contributed by atoms with Crippen LogP contribution in [0.5, 0.6) is 0 Å². The van der Waals surface area contributed by atoms with Crippen LogP contribution in [0.2, 0.25) is 0 Å². The monoisotopic (exact) mass is 186 g/mol. The molecule has 4 nitrogen and oxygen atoms in total. The third-order valence-electron chi connectivity index (χ3n) is 2.35. The minimum Gasteiger partial charge on any atom is -0.381 e. The predicted molar refractivity (Wildman–Crippen MR) is 50.5 cm³/mol. The van der Waals surface area contributed by atoms with E-state index in [-0.39, 0.29) is 5.91 Å². The topological polar surface area (TPSA) is 50.4 Å². The lowest BCUT2D eigenvalue weighted by atomic mass is 9.89. The zero-order valence-electron chi connectivity index (χ0n) is 8.30. The van der Waals surface area contributed by atoms with Gasteiger partial charge >= 0.3 is 0 Å². The van der Waals surface area contributed by atoms with Gasteiger partial charge in [0.2, 0.25) is 5.91 Å². The predicted octanol–water partition coefficient (Wildman–Crippen LogP) is -0.110. The highest BCUT2D eigenvalue weighted by Crippen LogP contribution is 2.21. The first-order valence-corrected chi connectivity index (χ1v) is 4.79. The lowest BCUT2D eigenvalue weighted by Gasteiger charge is -2.34. The van der Waals surface area contributed by atoms with E-state index in [0.29, 0.717) is 25.2 Å². The molecule has 0 aromatic rings. The molecule has 1 aliphatic rings. The first kappa shape index (κ1) is 10.5. The van der Waals surface area contributed by atoms with Crippen molar-refractivity contribution in [2.75, 3.05) is 20.2 Å². The molecule has 0 saturated heterocycles. The Hall–Kier alpha value is -0.610. The number of amides is 1. The van der Waals surface area contributed by atoms with Gasteiger partial charge < -0.3 is 15.4 Å². The molecule has 0 aliphatic heterocycles. The van der Waals surface area contributed by atoms with Crippen LogP contribution >= 0.6 is 0 Å². The van der Waals surface area contributed by atoms with Gasteiger partial charge in [0.1, 0.15) is 0 Å². The van der Waals surface area contributed by atoms with Gasteiger partial charge in [-0.05, 0) is 19.8 Å². The van der Waals surface area contributed by atoms with Crippen LogP contribution in [0.1, 0.15) is 19.8 Å². The molecule has 0 aromatic heterocycles. The molecule has 4 heteroatoms. The molecule has 0 heterocycles. The molecule has 1 rings (SSSR count). The van der Waals surface area contributed by atoms with Crippen molar-refractivity contribution in [1.29, 1.82) is 0 Å². The van der Waals surface area contributed by atoms with Gasteiger partial charge in [-0.25, -0.2) is 0 Å². The van der Waals surface area contributed by atoms with Crippen molar-refractivity contribution in [2.24, 2.45) is 0 Å². The largest absolute Gasteiger partial charge is 0.381 e. The number of hydrogen-bond acceptors (Lipinski definition) is 3. The fraction of sp³-hybridized carbons (Fsp3) is 0.889. The number of nitrogens with one attached hydrogen (secondary N) is 2. The molecule has 0 unspecified atom stereocenters. The Bertz CT molecular complexity index is 167. The summed E-state index contributed by atoms with van der Waals surface area (Å²) in [6.07, 6.45) is 2.44. The number of carbonyl (C=O) groups excluding carboxylic acids is 1. The highest BCUT2D eigenvalue weighted by Gasteiger charge is 2.28. The van der Waals surface area contributed by atoms with E-state index >= 15 is 0 Å². The average Bonchev–Trinajstić information content (AvgIpc) is 2.02. The van der Waals surface area contributed by atoms with Crippen LogP contribution in [0.25, 0.3) is 0 Å². The standard InChI is InChI=1S/C9H18N2O2/c1-3-10-9(12)6-11-7-4-8(5-7)13-2/h7-8,11H,3-6H2,1-2H3,(H,10,12). The van der Waals surface area contributed by atoms with Crippen molar-refractivity contribution < 1.29 is 9.53 Å². The molecule has 76 valence electrons. The summed E-state index contributed by atoms with van der Waals surface area (Å²) in [5.41, 5.74) is 0. The molecule has 1 aliphatic carbocycles.